The number of hydrogen-bond donors (Lipinski definition) is 2. The molecule has 0 unspecified atom stereocenters. The quantitative estimate of drug-likeness (QED) is 0.620. The number of tetrazole rings is 1. The molecule has 0 radical (unpaired) electrons. The molecule has 0 spiro atoms. The molecule has 0 saturated carbocycles. The Labute approximate surface area is 76.5 Å². The molecule has 1 aromatic heterocycles. The molecule has 0 bridgehead atoms. The molecule has 0 aliphatic carbocycles. The number of hydrogen-bond acceptors (Lipinski definition) is 5. The second-order valence-electron chi connectivity index (χ2n) is 3.44. The maximum atomic E-state index is 5.79. The Hall–Kier alpha value is -1.01. The van der Waals surface area contributed by atoms with Crippen LogP contribution in [0.5, 0.6) is 0 Å². The zero-order valence-electron chi connectivity index (χ0n) is 7.48. The summed E-state index contributed by atoms with van der Waals surface area (Å²) in [6, 6.07) is 0.376. The number of nitrogens with two attached hydrogens (primary N) is 1. The maximum absolute atomic E-state index is 5.79. The Kier molecular flexibility index (Phi) is 2.51. The summed E-state index contributed by atoms with van der Waals surface area (Å²) in [7, 11) is 0. The van der Waals surface area contributed by atoms with Crippen molar-refractivity contribution >= 4 is 0 Å². The van der Waals surface area contributed by atoms with Gasteiger partial charge in [-0.05, 0) is 12.8 Å². The summed E-state index contributed by atoms with van der Waals surface area (Å²) >= 11 is 0. The van der Waals surface area contributed by atoms with E-state index in [0.29, 0.717) is 6.04 Å². The van der Waals surface area contributed by atoms with Crippen LogP contribution < -0.4 is 5.73 Å². The van der Waals surface area contributed by atoms with Gasteiger partial charge in [-0.3, -0.25) is 4.90 Å². The Morgan fingerprint density at radius 3 is 2.85 bits per heavy atom. The van der Waals surface area contributed by atoms with Crippen molar-refractivity contribution in [3.63, 3.8) is 0 Å². The van der Waals surface area contributed by atoms with Gasteiger partial charge in [-0.25, -0.2) is 0 Å². The molecule has 2 rings (SSSR count). The number of nitrogens with one attached hydrogen (secondary N) is 1. The van der Waals surface area contributed by atoms with Crippen LogP contribution in [0.25, 0.3) is 0 Å². The van der Waals surface area contributed by atoms with Gasteiger partial charge in [0.25, 0.3) is 0 Å². The van der Waals surface area contributed by atoms with Gasteiger partial charge in [0, 0.05) is 19.1 Å². The Balaban J connectivity index is 1.83. The first-order chi connectivity index (χ1) is 6.34. The number of piperidine rings is 1. The lowest BCUT2D eigenvalue weighted by Gasteiger charge is -2.28. The Morgan fingerprint density at radius 2 is 2.23 bits per heavy atom. The molecular weight excluding hydrogens is 168 g/mol. The second kappa shape index (κ2) is 3.80. The molecule has 72 valence electrons. The molecule has 6 nitrogen and oxygen atoms in total. The zero-order chi connectivity index (χ0) is 9.10. The molecule has 3 N–H and O–H groups in total. The molecule has 1 aliphatic heterocycles. The highest BCUT2D eigenvalue weighted by molar-refractivity contribution is 4.80. The highest BCUT2D eigenvalue weighted by Crippen LogP contribution is 2.09. The van der Waals surface area contributed by atoms with E-state index in [4.69, 9.17) is 5.73 Å². The summed E-state index contributed by atoms with van der Waals surface area (Å²) < 4.78 is 0. The summed E-state index contributed by atoms with van der Waals surface area (Å²) in [6.07, 6.45) is 2.13. The molecule has 0 amide bonds. The third kappa shape index (κ3) is 2.22. The van der Waals surface area contributed by atoms with Crippen LogP contribution in [-0.4, -0.2) is 44.7 Å². The van der Waals surface area contributed by atoms with Crippen LogP contribution in [0.15, 0.2) is 0 Å². The van der Waals surface area contributed by atoms with Crippen LogP contribution in [0, 0.1) is 0 Å². The van der Waals surface area contributed by atoms with Gasteiger partial charge >= 0.3 is 0 Å². The van der Waals surface area contributed by atoms with E-state index in [1.807, 2.05) is 0 Å². The first-order valence-corrected chi connectivity index (χ1v) is 4.55. The number of rotatable bonds is 2. The predicted molar refractivity (Wildman–Crippen MR) is 46.7 cm³/mol. The maximum Gasteiger partial charge on any atom is 0.188 e. The van der Waals surface area contributed by atoms with Crippen molar-refractivity contribution in [2.45, 2.75) is 25.4 Å². The third-order valence-electron chi connectivity index (χ3n) is 2.39. The number of nitrogens with zero attached hydrogens (tertiary/aromatic N) is 4. The normalized spacial score (nSPS) is 20.7. The minimum Gasteiger partial charge on any atom is -0.328 e. The van der Waals surface area contributed by atoms with Crippen molar-refractivity contribution in [3.05, 3.63) is 5.82 Å². The van der Waals surface area contributed by atoms with Crippen molar-refractivity contribution in [1.29, 1.82) is 0 Å². The monoisotopic (exact) mass is 182 g/mol. The summed E-state index contributed by atoms with van der Waals surface area (Å²) in [5.74, 6) is 0.760. The zero-order valence-corrected chi connectivity index (χ0v) is 7.48. The van der Waals surface area contributed by atoms with Gasteiger partial charge in [-0.2, -0.15) is 5.21 Å². The Bertz CT molecular complexity index is 237. The number of aromatic amines is 1. The largest absolute Gasteiger partial charge is 0.328 e. The lowest BCUT2D eigenvalue weighted by Crippen LogP contribution is -2.39. The highest BCUT2D eigenvalue weighted by atomic mass is 15.5. The van der Waals surface area contributed by atoms with Gasteiger partial charge in [0.2, 0.25) is 0 Å². The molecule has 6 heteroatoms. The molecule has 1 saturated heterocycles. The van der Waals surface area contributed by atoms with Crippen molar-refractivity contribution in [2.24, 2.45) is 5.73 Å². The number of likely N-dealkylation sites (tertiary alicyclic amines) is 1. The fourth-order valence-electron chi connectivity index (χ4n) is 1.56. The van der Waals surface area contributed by atoms with Crippen LogP contribution in [0.3, 0.4) is 0 Å². The predicted octanol–water partition coefficient (Wildman–Crippen LogP) is -0.877. The molecule has 1 aromatic rings. The lowest BCUT2D eigenvalue weighted by atomic mass is 10.1. The van der Waals surface area contributed by atoms with Gasteiger partial charge in [0.05, 0.1) is 6.54 Å². The second-order valence-corrected chi connectivity index (χ2v) is 3.44. The molecule has 13 heavy (non-hydrogen) atoms. The molecule has 1 fully saturated rings. The van der Waals surface area contributed by atoms with Crippen LogP contribution in [0.2, 0.25) is 0 Å². The van der Waals surface area contributed by atoms with E-state index in [0.717, 1.165) is 38.3 Å². The lowest BCUT2D eigenvalue weighted by molar-refractivity contribution is 0.201. The first kappa shape index (κ1) is 8.58. The van der Waals surface area contributed by atoms with Crippen LogP contribution in [0.4, 0.5) is 0 Å². The molecule has 0 atom stereocenters. The fraction of sp³-hybridized carbons (Fsp3) is 0.857. The van der Waals surface area contributed by atoms with Gasteiger partial charge in [-0.1, -0.05) is 5.21 Å². The van der Waals surface area contributed by atoms with Crippen molar-refractivity contribution < 1.29 is 0 Å². The third-order valence-corrected chi connectivity index (χ3v) is 2.39. The van der Waals surface area contributed by atoms with Gasteiger partial charge in [0.1, 0.15) is 0 Å². The average Bonchev–Trinajstić information content (AvgIpc) is 2.62. The van der Waals surface area contributed by atoms with Crippen LogP contribution in [0.1, 0.15) is 18.7 Å². The Morgan fingerprint density at radius 1 is 1.46 bits per heavy atom. The van der Waals surface area contributed by atoms with E-state index in [2.05, 4.69) is 25.5 Å². The number of H-pyrrole nitrogens is 1. The summed E-state index contributed by atoms with van der Waals surface area (Å²) in [5, 5.41) is 13.8. The molecule has 0 aromatic carbocycles. The summed E-state index contributed by atoms with van der Waals surface area (Å²) in [6.45, 7) is 2.86. The van der Waals surface area contributed by atoms with Gasteiger partial charge < -0.3 is 5.73 Å². The van der Waals surface area contributed by atoms with E-state index in [-0.39, 0.29) is 0 Å². The van der Waals surface area contributed by atoms with E-state index in [9.17, 15) is 0 Å². The van der Waals surface area contributed by atoms with Crippen LogP contribution in [-0.2, 0) is 6.54 Å². The van der Waals surface area contributed by atoms with Gasteiger partial charge in [0.15, 0.2) is 5.82 Å². The standard InChI is InChI=1S/C7H14N6/c8-6-1-3-13(4-2-6)5-7-9-11-12-10-7/h6H,1-5,8H2,(H,9,10,11,12). The number of aromatic nitrogens is 4. The fourth-order valence-corrected chi connectivity index (χ4v) is 1.56. The summed E-state index contributed by atoms with van der Waals surface area (Å²) in [5.41, 5.74) is 5.79. The molecule has 2 heterocycles. The van der Waals surface area contributed by atoms with E-state index < -0.39 is 0 Å². The van der Waals surface area contributed by atoms with E-state index in [1.165, 1.54) is 0 Å². The van der Waals surface area contributed by atoms with E-state index >= 15 is 0 Å². The first-order valence-electron chi connectivity index (χ1n) is 4.55. The minimum absolute atomic E-state index is 0.376. The molecular formula is C7H14N6. The van der Waals surface area contributed by atoms with Gasteiger partial charge in [-0.15, -0.1) is 10.2 Å². The minimum atomic E-state index is 0.376. The van der Waals surface area contributed by atoms with E-state index in [1.54, 1.807) is 0 Å². The average molecular weight is 182 g/mol. The summed E-state index contributed by atoms with van der Waals surface area (Å²) in [4.78, 5) is 2.30. The smallest absolute Gasteiger partial charge is 0.188 e. The topological polar surface area (TPSA) is 83.7 Å². The van der Waals surface area contributed by atoms with Crippen molar-refractivity contribution in [3.8, 4) is 0 Å². The van der Waals surface area contributed by atoms with Crippen LogP contribution >= 0.6 is 0 Å². The highest BCUT2D eigenvalue weighted by Gasteiger charge is 2.16. The SMILES string of the molecule is NC1CCN(Cc2nn[nH]n2)CC1. The van der Waals surface area contributed by atoms with Crippen molar-refractivity contribution in [2.75, 3.05) is 13.1 Å². The van der Waals surface area contributed by atoms with Crippen molar-refractivity contribution in [1.82, 2.24) is 25.5 Å². The molecule has 1 aliphatic rings.